The fourth-order valence-corrected chi connectivity index (χ4v) is 1.42. The first-order valence-electron chi connectivity index (χ1n) is 5.61. The SMILES string of the molecule is C/C=C(C)/C(=C/SC)CC.CC.CC. The van der Waals surface area contributed by atoms with E-state index in [0.717, 1.165) is 6.42 Å². The summed E-state index contributed by atoms with van der Waals surface area (Å²) >= 11 is 1.78. The standard InChI is InChI=1S/C9H16S.2C2H6/c1-5-8(3)9(6-2)7-10-4;2*1-2/h5,7H,6H2,1-4H3;2*1-2H3/b8-5+,9-7+;;. The van der Waals surface area contributed by atoms with Crippen LogP contribution in [0.3, 0.4) is 0 Å². The van der Waals surface area contributed by atoms with Gasteiger partial charge in [-0.05, 0) is 37.5 Å². The fraction of sp³-hybridized carbons (Fsp3) is 0.692. The van der Waals surface area contributed by atoms with Gasteiger partial charge in [0.25, 0.3) is 0 Å². The van der Waals surface area contributed by atoms with Gasteiger partial charge in [0, 0.05) is 0 Å². The van der Waals surface area contributed by atoms with Gasteiger partial charge in [-0.25, -0.2) is 0 Å². The predicted octanol–water partition coefficient (Wildman–Crippen LogP) is 5.66. The Labute approximate surface area is 95.9 Å². The summed E-state index contributed by atoms with van der Waals surface area (Å²) in [6, 6.07) is 0. The Hall–Kier alpha value is -0.170. The van der Waals surface area contributed by atoms with Crippen LogP contribution in [0.5, 0.6) is 0 Å². The average molecular weight is 216 g/mol. The second-order valence-corrected chi connectivity index (χ2v) is 2.91. The van der Waals surface area contributed by atoms with Crippen LogP contribution in [0.2, 0.25) is 0 Å². The van der Waals surface area contributed by atoms with Gasteiger partial charge >= 0.3 is 0 Å². The molecule has 0 bridgehead atoms. The third-order valence-corrected chi connectivity index (χ3v) is 2.10. The summed E-state index contributed by atoms with van der Waals surface area (Å²) in [6.07, 6.45) is 5.39. The highest BCUT2D eigenvalue weighted by atomic mass is 32.2. The van der Waals surface area contributed by atoms with Crippen LogP contribution in [0, 0.1) is 0 Å². The molecule has 0 amide bonds. The van der Waals surface area contributed by atoms with Crippen molar-refractivity contribution in [3.63, 3.8) is 0 Å². The summed E-state index contributed by atoms with van der Waals surface area (Å²) in [6.45, 7) is 14.4. The maximum Gasteiger partial charge on any atom is -0.0142 e. The molecule has 0 aliphatic rings. The molecule has 0 aliphatic carbocycles. The molecule has 0 rings (SSSR count). The van der Waals surface area contributed by atoms with Crippen LogP contribution >= 0.6 is 11.8 Å². The van der Waals surface area contributed by atoms with Gasteiger partial charge in [0.1, 0.15) is 0 Å². The summed E-state index contributed by atoms with van der Waals surface area (Å²) in [5.74, 6) is 0. The van der Waals surface area contributed by atoms with Crippen LogP contribution in [0.1, 0.15) is 54.9 Å². The molecule has 0 aliphatic heterocycles. The highest BCUT2D eigenvalue weighted by Crippen LogP contribution is 2.15. The van der Waals surface area contributed by atoms with Gasteiger partial charge in [0.15, 0.2) is 0 Å². The molecular weight excluding hydrogens is 188 g/mol. The number of allylic oxidation sites excluding steroid dienone is 3. The molecule has 0 aromatic heterocycles. The van der Waals surface area contributed by atoms with E-state index in [1.165, 1.54) is 11.1 Å². The first-order valence-corrected chi connectivity index (χ1v) is 6.90. The summed E-state index contributed by atoms with van der Waals surface area (Å²) in [5.41, 5.74) is 2.85. The van der Waals surface area contributed by atoms with Crippen LogP contribution in [0.15, 0.2) is 22.6 Å². The molecule has 0 radical (unpaired) electrons. The molecule has 14 heavy (non-hydrogen) atoms. The molecule has 0 aromatic rings. The minimum atomic E-state index is 1.14. The molecule has 0 saturated heterocycles. The molecule has 0 heterocycles. The van der Waals surface area contributed by atoms with E-state index in [0.29, 0.717) is 0 Å². The smallest absolute Gasteiger partial charge is 0.0142 e. The molecule has 0 fully saturated rings. The van der Waals surface area contributed by atoms with Crippen LogP contribution < -0.4 is 0 Å². The van der Waals surface area contributed by atoms with Crippen molar-refractivity contribution in [3.8, 4) is 0 Å². The van der Waals surface area contributed by atoms with Crippen molar-refractivity contribution < 1.29 is 0 Å². The molecular formula is C13H28S. The van der Waals surface area contributed by atoms with Gasteiger partial charge in [0.05, 0.1) is 0 Å². The molecule has 0 spiro atoms. The Bertz CT molecular complexity index is 143. The summed E-state index contributed by atoms with van der Waals surface area (Å²) in [5, 5.41) is 2.22. The van der Waals surface area contributed by atoms with Crippen LogP contribution in [-0.2, 0) is 0 Å². The largest absolute Gasteiger partial charge is 0.137 e. The van der Waals surface area contributed by atoms with E-state index in [1.807, 2.05) is 27.7 Å². The van der Waals surface area contributed by atoms with E-state index in [2.05, 4.69) is 38.5 Å². The second-order valence-electron chi connectivity index (χ2n) is 2.20. The van der Waals surface area contributed by atoms with Gasteiger partial charge in [0.2, 0.25) is 0 Å². The van der Waals surface area contributed by atoms with Crippen molar-refractivity contribution in [1.29, 1.82) is 0 Å². The first kappa shape index (κ1) is 19.4. The molecule has 86 valence electrons. The molecule has 0 unspecified atom stereocenters. The number of hydrogen-bond acceptors (Lipinski definition) is 1. The number of thioether (sulfide) groups is 1. The third kappa shape index (κ3) is 11.8. The lowest BCUT2D eigenvalue weighted by Gasteiger charge is -2.01. The fourth-order valence-electron chi connectivity index (χ4n) is 0.783. The normalized spacial score (nSPS) is 10.9. The first-order chi connectivity index (χ1) is 6.76. The van der Waals surface area contributed by atoms with Crippen molar-refractivity contribution >= 4 is 11.8 Å². The average Bonchev–Trinajstić information content (AvgIpc) is 2.30. The lowest BCUT2D eigenvalue weighted by molar-refractivity contribution is 1.11. The van der Waals surface area contributed by atoms with E-state index >= 15 is 0 Å². The minimum absolute atomic E-state index is 1.14. The van der Waals surface area contributed by atoms with Crippen LogP contribution in [0.25, 0.3) is 0 Å². The van der Waals surface area contributed by atoms with Crippen molar-refractivity contribution in [2.75, 3.05) is 6.26 Å². The van der Waals surface area contributed by atoms with Gasteiger partial charge < -0.3 is 0 Å². The molecule has 1 heteroatoms. The quantitative estimate of drug-likeness (QED) is 0.548. The summed E-state index contributed by atoms with van der Waals surface area (Å²) in [7, 11) is 0. The van der Waals surface area contributed by atoms with Crippen molar-refractivity contribution in [2.24, 2.45) is 0 Å². The molecule has 0 aromatic carbocycles. The Balaban J connectivity index is -0.000000266. The van der Waals surface area contributed by atoms with Crippen LogP contribution in [-0.4, -0.2) is 6.26 Å². The van der Waals surface area contributed by atoms with E-state index < -0.39 is 0 Å². The lowest BCUT2D eigenvalue weighted by Crippen LogP contribution is -1.80. The van der Waals surface area contributed by atoms with Gasteiger partial charge in [-0.3, -0.25) is 0 Å². The maximum atomic E-state index is 2.22. The highest BCUT2D eigenvalue weighted by molar-refractivity contribution is 8.01. The van der Waals surface area contributed by atoms with Crippen molar-refractivity contribution in [1.82, 2.24) is 0 Å². The molecule has 0 nitrogen and oxygen atoms in total. The molecule has 0 saturated carbocycles. The highest BCUT2D eigenvalue weighted by Gasteiger charge is 1.93. The van der Waals surface area contributed by atoms with Gasteiger partial charge in [-0.2, -0.15) is 0 Å². The van der Waals surface area contributed by atoms with E-state index in [1.54, 1.807) is 11.8 Å². The zero-order chi connectivity index (χ0) is 12.0. The van der Waals surface area contributed by atoms with Crippen molar-refractivity contribution in [2.45, 2.75) is 54.9 Å². The van der Waals surface area contributed by atoms with E-state index in [9.17, 15) is 0 Å². The van der Waals surface area contributed by atoms with E-state index in [-0.39, 0.29) is 0 Å². The topological polar surface area (TPSA) is 0 Å². The van der Waals surface area contributed by atoms with Crippen LogP contribution in [0.4, 0.5) is 0 Å². The maximum absolute atomic E-state index is 2.22. The lowest BCUT2D eigenvalue weighted by atomic mass is 10.1. The number of rotatable bonds is 3. The summed E-state index contributed by atoms with van der Waals surface area (Å²) < 4.78 is 0. The Morgan fingerprint density at radius 1 is 1.14 bits per heavy atom. The Morgan fingerprint density at radius 2 is 1.57 bits per heavy atom. The zero-order valence-corrected chi connectivity index (χ0v) is 12.1. The van der Waals surface area contributed by atoms with Gasteiger partial charge in [-0.1, -0.05) is 46.3 Å². The second kappa shape index (κ2) is 18.6. The van der Waals surface area contributed by atoms with Crippen molar-refractivity contribution in [3.05, 3.63) is 22.6 Å². The number of hydrogen-bond donors (Lipinski definition) is 0. The Kier molecular flexibility index (Phi) is 25.8. The predicted molar refractivity (Wildman–Crippen MR) is 74.0 cm³/mol. The Morgan fingerprint density at radius 3 is 1.79 bits per heavy atom. The summed E-state index contributed by atoms with van der Waals surface area (Å²) in [4.78, 5) is 0. The third-order valence-electron chi connectivity index (χ3n) is 1.58. The molecule has 0 atom stereocenters. The monoisotopic (exact) mass is 216 g/mol. The minimum Gasteiger partial charge on any atom is -0.137 e. The van der Waals surface area contributed by atoms with E-state index in [4.69, 9.17) is 0 Å². The molecule has 0 N–H and O–H groups in total. The zero-order valence-electron chi connectivity index (χ0n) is 11.3. The van der Waals surface area contributed by atoms with Gasteiger partial charge in [-0.15, -0.1) is 11.8 Å².